The van der Waals surface area contributed by atoms with E-state index in [1.807, 2.05) is 7.05 Å². The van der Waals surface area contributed by atoms with Crippen LogP contribution >= 0.6 is 0 Å². The number of likely N-dealkylation sites (tertiary alicyclic amines) is 1. The number of hydrogen-bond donors (Lipinski definition) is 3. The first-order valence-corrected chi connectivity index (χ1v) is 10.5. The second-order valence-corrected chi connectivity index (χ2v) is 8.29. The third kappa shape index (κ3) is 4.97. The number of amides is 3. The number of amidine groups is 1. The van der Waals surface area contributed by atoms with E-state index in [1.54, 1.807) is 0 Å². The summed E-state index contributed by atoms with van der Waals surface area (Å²) in [7, 11) is -2.79. The molecule has 2 bridgehead atoms. The first-order valence-electron chi connectivity index (χ1n) is 9.09. The number of rotatable bonds is 6. The zero-order valence-electron chi connectivity index (χ0n) is 15.5. The molecule has 0 saturated carbocycles. The molecule has 2 unspecified atom stereocenters. The molecule has 3 rings (SSSR count). The Morgan fingerprint density at radius 1 is 1.29 bits per heavy atom. The van der Waals surface area contributed by atoms with Crippen molar-refractivity contribution in [1.29, 1.82) is 5.41 Å². The smallest absolute Gasteiger partial charge is 0.368 e. The van der Waals surface area contributed by atoms with Gasteiger partial charge in [-0.2, -0.15) is 13.5 Å². The minimum absolute atomic E-state index is 0.0119. The number of piperidine rings is 2. The lowest BCUT2D eigenvalue weighted by Gasteiger charge is -2.31. The molecule has 158 valence electrons. The summed E-state index contributed by atoms with van der Waals surface area (Å²) >= 11 is 0. The summed E-state index contributed by atoms with van der Waals surface area (Å²) in [5, 5.41) is 11.2. The Labute approximate surface area is 163 Å². The van der Waals surface area contributed by atoms with Gasteiger partial charge in [0.15, 0.2) is 0 Å². The minimum atomic E-state index is -4.82. The fourth-order valence-corrected chi connectivity index (χ4v) is 4.13. The second-order valence-electron chi connectivity index (χ2n) is 7.29. The van der Waals surface area contributed by atoms with Crippen molar-refractivity contribution in [2.75, 3.05) is 33.3 Å². The van der Waals surface area contributed by atoms with Gasteiger partial charge in [-0.05, 0) is 32.7 Å². The van der Waals surface area contributed by atoms with E-state index in [9.17, 15) is 18.0 Å². The van der Waals surface area contributed by atoms with Crippen LogP contribution in [0.5, 0.6) is 0 Å². The normalized spacial score (nSPS) is 26.6. The van der Waals surface area contributed by atoms with E-state index in [-0.39, 0.29) is 25.1 Å². The number of nitrogens with zero attached hydrogens (tertiary/aromatic N) is 3. The SMILES string of the molecule is CN1CCC(OCC(=O)NC(=N)C2CCC3CN2C(=O)N3OS(=O)(=O)O)CC1. The maximum Gasteiger partial charge on any atom is 0.418 e. The van der Waals surface area contributed by atoms with Gasteiger partial charge in [0.2, 0.25) is 0 Å². The van der Waals surface area contributed by atoms with Gasteiger partial charge in [0.05, 0.1) is 18.2 Å². The van der Waals surface area contributed by atoms with Crippen LogP contribution in [0.25, 0.3) is 0 Å². The van der Waals surface area contributed by atoms with Gasteiger partial charge in [-0.15, -0.1) is 4.28 Å². The monoisotopic (exact) mass is 419 g/mol. The van der Waals surface area contributed by atoms with Gasteiger partial charge in [-0.3, -0.25) is 14.8 Å². The van der Waals surface area contributed by atoms with Gasteiger partial charge in [0, 0.05) is 19.6 Å². The summed E-state index contributed by atoms with van der Waals surface area (Å²) in [6.07, 6.45) is 2.43. The summed E-state index contributed by atoms with van der Waals surface area (Å²) in [5.74, 6) is -0.624. The van der Waals surface area contributed by atoms with Gasteiger partial charge in [0.1, 0.15) is 12.4 Å². The Bertz CT molecular complexity index is 737. The summed E-state index contributed by atoms with van der Waals surface area (Å²) < 4.78 is 40.6. The molecule has 3 fully saturated rings. The van der Waals surface area contributed by atoms with Gasteiger partial charge in [0.25, 0.3) is 5.91 Å². The van der Waals surface area contributed by atoms with Crippen molar-refractivity contribution in [2.24, 2.45) is 0 Å². The van der Waals surface area contributed by atoms with Crippen LogP contribution in [0.3, 0.4) is 0 Å². The third-order valence-corrected chi connectivity index (χ3v) is 5.57. The van der Waals surface area contributed by atoms with Crippen molar-refractivity contribution in [3.8, 4) is 0 Å². The van der Waals surface area contributed by atoms with Gasteiger partial charge in [-0.25, -0.2) is 4.79 Å². The fourth-order valence-electron chi connectivity index (χ4n) is 3.75. The molecular weight excluding hydrogens is 394 g/mol. The molecule has 2 atom stereocenters. The number of fused-ring (bicyclic) bond motifs is 2. The first-order chi connectivity index (χ1) is 13.1. The molecule has 0 spiro atoms. The predicted molar refractivity (Wildman–Crippen MR) is 95.7 cm³/mol. The molecule has 3 aliphatic rings. The lowest BCUT2D eigenvalue weighted by atomic mass is 10.00. The van der Waals surface area contributed by atoms with E-state index in [1.165, 1.54) is 4.90 Å². The first kappa shape index (κ1) is 20.9. The standard InChI is InChI=1S/C15H25N5O7S/c1-18-6-4-11(5-7-18)26-9-13(21)17-14(16)12-3-2-10-8-19(12)15(22)20(10)27-28(23,24)25/h10-12H,2-9H2,1H3,(H2,16,17,21)(H,23,24,25). The van der Waals surface area contributed by atoms with Crippen molar-refractivity contribution in [2.45, 2.75) is 43.9 Å². The molecule has 3 aliphatic heterocycles. The van der Waals surface area contributed by atoms with Crippen molar-refractivity contribution < 1.29 is 31.6 Å². The van der Waals surface area contributed by atoms with E-state index in [4.69, 9.17) is 14.7 Å². The molecule has 28 heavy (non-hydrogen) atoms. The van der Waals surface area contributed by atoms with Crippen molar-refractivity contribution in [3.63, 3.8) is 0 Å². The summed E-state index contributed by atoms with van der Waals surface area (Å²) in [6, 6.07) is -2.01. The van der Waals surface area contributed by atoms with Crippen LogP contribution < -0.4 is 5.32 Å². The Morgan fingerprint density at radius 3 is 2.61 bits per heavy atom. The molecule has 3 saturated heterocycles. The molecule has 0 aliphatic carbocycles. The maximum absolute atomic E-state index is 12.3. The maximum atomic E-state index is 12.3. The highest BCUT2D eigenvalue weighted by Gasteiger charge is 2.48. The van der Waals surface area contributed by atoms with E-state index < -0.39 is 34.4 Å². The van der Waals surface area contributed by atoms with Crippen LogP contribution in [0, 0.1) is 5.41 Å². The lowest BCUT2D eigenvalue weighted by Crippen LogP contribution is -2.51. The van der Waals surface area contributed by atoms with Crippen LogP contribution in [0.4, 0.5) is 4.79 Å². The highest BCUT2D eigenvalue weighted by Crippen LogP contribution is 2.30. The second kappa shape index (κ2) is 8.29. The van der Waals surface area contributed by atoms with Crippen LogP contribution in [-0.2, 0) is 24.2 Å². The lowest BCUT2D eigenvalue weighted by molar-refractivity contribution is -0.127. The topological polar surface area (TPSA) is 153 Å². The average molecular weight is 419 g/mol. The molecule has 0 aromatic rings. The van der Waals surface area contributed by atoms with Crippen molar-refractivity contribution in [3.05, 3.63) is 0 Å². The van der Waals surface area contributed by atoms with Crippen LogP contribution in [0.15, 0.2) is 0 Å². The van der Waals surface area contributed by atoms with E-state index in [0.29, 0.717) is 17.9 Å². The fraction of sp³-hybridized carbons (Fsp3) is 0.800. The Morgan fingerprint density at radius 2 is 1.96 bits per heavy atom. The molecule has 0 radical (unpaired) electrons. The van der Waals surface area contributed by atoms with Crippen LogP contribution in [0.1, 0.15) is 25.7 Å². The Balaban J connectivity index is 1.49. The van der Waals surface area contributed by atoms with E-state index in [0.717, 1.165) is 25.9 Å². The Kier molecular flexibility index (Phi) is 6.19. The number of nitrogens with one attached hydrogen (secondary N) is 2. The van der Waals surface area contributed by atoms with Crippen LogP contribution in [0.2, 0.25) is 0 Å². The molecule has 3 heterocycles. The number of carbonyl (C=O) groups is 2. The molecular formula is C15H25N5O7S. The molecule has 0 aromatic heterocycles. The van der Waals surface area contributed by atoms with Gasteiger partial charge in [-0.1, -0.05) is 0 Å². The summed E-state index contributed by atoms with van der Waals surface area (Å²) in [4.78, 5) is 27.9. The molecule has 0 aromatic carbocycles. The summed E-state index contributed by atoms with van der Waals surface area (Å²) in [6.45, 7) is 1.79. The Hall–Kier alpha value is -1.80. The highest BCUT2D eigenvalue weighted by molar-refractivity contribution is 7.80. The zero-order chi connectivity index (χ0) is 20.5. The van der Waals surface area contributed by atoms with E-state index >= 15 is 0 Å². The number of carbonyl (C=O) groups excluding carboxylic acids is 2. The number of urea groups is 1. The molecule has 3 N–H and O–H groups in total. The number of ether oxygens (including phenoxy) is 1. The summed E-state index contributed by atoms with van der Waals surface area (Å²) in [5.41, 5.74) is 0. The van der Waals surface area contributed by atoms with Gasteiger partial charge >= 0.3 is 16.4 Å². The molecule has 3 amide bonds. The number of hydroxylamine groups is 2. The average Bonchev–Trinajstić information content (AvgIpc) is 2.85. The highest BCUT2D eigenvalue weighted by atomic mass is 32.3. The quantitative estimate of drug-likeness (QED) is 0.287. The predicted octanol–water partition coefficient (Wildman–Crippen LogP) is -0.806. The largest absolute Gasteiger partial charge is 0.418 e. The van der Waals surface area contributed by atoms with Crippen LogP contribution in [-0.4, -0.2) is 97.1 Å². The molecule has 12 nitrogen and oxygen atoms in total. The molecule has 13 heteroatoms. The third-order valence-electron chi connectivity index (χ3n) is 5.22. The number of hydrogen-bond acceptors (Lipinski definition) is 8. The zero-order valence-corrected chi connectivity index (χ0v) is 16.4. The van der Waals surface area contributed by atoms with Crippen molar-refractivity contribution >= 4 is 28.2 Å². The minimum Gasteiger partial charge on any atom is -0.368 e. The van der Waals surface area contributed by atoms with E-state index in [2.05, 4.69) is 14.5 Å². The van der Waals surface area contributed by atoms with Crippen molar-refractivity contribution in [1.82, 2.24) is 20.2 Å². The van der Waals surface area contributed by atoms with Gasteiger partial charge < -0.3 is 19.9 Å².